The topological polar surface area (TPSA) is 139 Å². The number of hydrogen-bond acceptors (Lipinski definition) is 7. The third-order valence-electron chi connectivity index (χ3n) is 4.90. The van der Waals surface area contributed by atoms with Crippen LogP contribution in [-0.4, -0.2) is 52.7 Å². The van der Waals surface area contributed by atoms with E-state index < -0.39 is 35.3 Å². The maximum Gasteiger partial charge on any atom is 0.326 e. The number of ketones is 1. The van der Waals surface area contributed by atoms with Gasteiger partial charge in [0.25, 0.3) is 0 Å². The Kier molecular flexibility index (Phi) is 9.70. The highest BCUT2D eigenvalue weighted by Crippen LogP contribution is 2.23. The quantitative estimate of drug-likeness (QED) is 0.305. The van der Waals surface area contributed by atoms with Crippen LogP contribution in [0.2, 0.25) is 0 Å². The molecule has 9 heteroatoms. The van der Waals surface area contributed by atoms with Crippen LogP contribution in [0.25, 0.3) is 0 Å². The Hall–Kier alpha value is -2.88. The summed E-state index contributed by atoms with van der Waals surface area (Å²) in [6.45, 7) is 1.93. The van der Waals surface area contributed by atoms with Crippen molar-refractivity contribution in [2.75, 3.05) is 6.61 Å². The molecule has 0 aromatic heterocycles. The third kappa shape index (κ3) is 7.37. The van der Waals surface area contributed by atoms with Gasteiger partial charge in [-0.15, -0.1) is 0 Å². The van der Waals surface area contributed by atoms with Crippen LogP contribution in [-0.2, 0) is 25.5 Å². The van der Waals surface area contributed by atoms with Gasteiger partial charge >= 0.3 is 5.97 Å². The summed E-state index contributed by atoms with van der Waals surface area (Å²) in [4.78, 5) is 37.0. The number of nitrogens with one attached hydrogen (secondary N) is 1. The molecule has 4 atom stereocenters. The average molecular weight is 461 g/mol. The SMILES string of the molecule is CCOC(CC(=O)C(S)c1ccccc1)C(N)C(=O)N[C@@H](Cc1ccc(O)cc1)C(=O)O. The summed E-state index contributed by atoms with van der Waals surface area (Å²) in [5.74, 6) is -2.19. The lowest BCUT2D eigenvalue weighted by Crippen LogP contribution is -2.54. The van der Waals surface area contributed by atoms with Crippen molar-refractivity contribution in [1.29, 1.82) is 0 Å². The number of thiol groups is 1. The molecule has 172 valence electrons. The lowest BCUT2D eigenvalue weighted by molar-refractivity contribution is -0.142. The normalized spacial score (nSPS) is 14.7. The molecule has 0 aliphatic rings. The summed E-state index contributed by atoms with van der Waals surface area (Å²) in [6.07, 6.45) is -1.09. The summed E-state index contributed by atoms with van der Waals surface area (Å²) >= 11 is 4.38. The Morgan fingerprint density at radius 3 is 2.28 bits per heavy atom. The third-order valence-corrected chi connectivity index (χ3v) is 5.48. The number of aliphatic carboxylic acids is 1. The predicted molar refractivity (Wildman–Crippen MR) is 123 cm³/mol. The standard InChI is InChI=1S/C23H28N2O6S/c1-2-31-19(13-18(27)21(32)15-6-4-3-5-7-15)20(24)22(28)25-17(23(29)30)12-14-8-10-16(26)11-9-14/h3-11,17,19-21,26,32H,2,12-13,24H2,1H3,(H,25,28)(H,29,30)/t17-,19?,20?,21?/m0/s1. The van der Waals surface area contributed by atoms with Crippen molar-refractivity contribution in [3.63, 3.8) is 0 Å². The van der Waals surface area contributed by atoms with Crippen LogP contribution in [0.3, 0.4) is 0 Å². The molecule has 2 rings (SSSR count). The van der Waals surface area contributed by atoms with Crippen molar-refractivity contribution in [3.05, 3.63) is 65.7 Å². The first kappa shape index (κ1) is 25.4. The van der Waals surface area contributed by atoms with Gasteiger partial charge in [-0.3, -0.25) is 9.59 Å². The predicted octanol–water partition coefficient (Wildman–Crippen LogP) is 1.87. The fourth-order valence-electron chi connectivity index (χ4n) is 3.14. The number of amides is 1. The Balaban J connectivity index is 2.05. The highest BCUT2D eigenvalue weighted by molar-refractivity contribution is 7.81. The number of carbonyl (C=O) groups excluding carboxylic acids is 2. The van der Waals surface area contributed by atoms with Gasteiger partial charge in [-0.2, -0.15) is 12.6 Å². The van der Waals surface area contributed by atoms with E-state index in [0.29, 0.717) is 11.1 Å². The highest BCUT2D eigenvalue weighted by atomic mass is 32.1. The van der Waals surface area contributed by atoms with Gasteiger partial charge in [0.15, 0.2) is 5.78 Å². The highest BCUT2D eigenvalue weighted by Gasteiger charge is 2.32. The van der Waals surface area contributed by atoms with Gasteiger partial charge < -0.3 is 26.0 Å². The minimum absolute atomic E-state index is 0.000966. The Morgan fingerprint density at radius 1 is 1.09 bits per heavy atom. The number of phenolic OH excluding ortho intramolecular Hbond substituents is 1. The minimum atomic E-state index is -1.25. The van der Waals surface area contributed by atoms with E-state index in [2.05, 4.69) is 17.9 Å². The molecule has 0 aliphatic carbocycles. The molecule has 2 aromatic carbocycles. The number of carboxylic acids is 1. The molecule has 0 fully saturated rings. The Labute approximate surface area is 192 Å². The number of phenols is 1. The van der Waals surface area contributed by atoms with Gasteiger partial charge in [0, 0.05) is 19.4 Å². The van der Waals surface area contributed by atoms with Crippen LogP contribution in [0.4, 0.5) is 0 Å². The number of rotatable bonds is 12. The monoisotopic (exact) mass is 460 g/mol. The zero-order chi connectivity index (χ0) is 23.7. The first-order valence-electron chi connectivity index (χ1n) is 10.2. The van der Waals surface area contributed by atoms with Crippen molar-refractivity contribution in [3.8, 4) is 5.75 Å². The molecule has 5 N–H and O–H groups in total. The van der Waals surface area contributed by atoms with Crippen LogP contribution < -0.4 is 11.1 Å². The lowest BCUT2D eigenvalue weighted by Gasteiger charge is -2.25. The molecule has 0 heterocycles. The number of carbonyl (C=O) groups is 3. The fourth-order valence-corrected chi connectivity index (χ4v) is 3.42. The average Bonchev–Trinajstić information content (AvgIpc) is 2.79. The molecule has 0 aliphatic heterocycles. The number of aromatic hydroxyl groups is 1. The summed E-state index contributed by atoms with van der Waals surface area (Å²) in [6, 6.07) is 12.5. The van der Waals surface area contributed by atoms with Crippen LogP contribution >= 0.6 is 12.6 Å². The minimum Gasteiger partial charge on any atom is -0.508 e. The molecule has 0 bridgehead atoms. The van der Waals surface area contributed by atoms with E-state index in [4.69, 9.17) is 10.5 Å². The molecule has 32 heavy (non-hydrogen) atoms. The lowest BCUT2D eigenvalue weighted by atomic mass is 9.99. The van der Waals surface area contributed by atoms with Crippen molar-refractivity contribution in [2.45, 2.75) is 43.2 Å². The van der Waals surface area contributed by atoms with E-state index in [1.54, 1.807) is 43.3 Å². The molecule has 0 spiro atoms. The molecule has 0 saturated carbocycles. The number of carboxylic acid groups (broad SMARTS) is 1. The van der Waals surface area contributed by atoms with Crippen LogP contribution in [0.15, 0.2) is 54.6 Å². The molecule has 0 radical (unpaired) electrons. The first-order chi connectivity index (χ1) is 15.2. The molecular weight excluding hydrogens is 432 g/mol. The van der Waals surface area contributed by atoms with Crippen molar-refractivity contribution in [2.24, 2.45) is 5.73 Å². The Bertz CT molecular complexity index is 906. The zero-order valence-electron chi connectivity index (χ0n) is 17.7. The van der Waals surface area contributed by atoms with Gasteiger partial charge in [0.1, 0.15) is 17.8 Å². The van der Waals surface area contributed by atoms with Crippen LogP contribution in [0.1, 0.15) is 29.7 Å². The number of Topliss-reactive ketones (excluding diaryl/α,β-unsaturated/α-hetero) is 1. The van der Waals surface area contributed by atoms with E-state index in [9.17, 15) is 24.6 Å². The maximum absolute atomic E-state index is 12.7. The molecular formula is C23H28N2O6S. The molecule has 8 nitrogen and oxygen atoms in total. The zero-order valence-corrected chi connectivity index (χ0v) is 18.6. The van der Waals surface area contributed by atoms with E-state index in [-0.39, 0.29) is 31.0 Å². The number of ether oxygens (including phenoxy) is 1. The summed E-state index contributed by atoms with van der Waals surface area (Å²) < 4.78 is 5.54. The van der Waals surface area contributed by atoms with E-state index in [1.807, 2.05) is 6.07 Å². The summed E-state index contributed by atoms with van der Waals surface area (Å²) in [5.41, 5.74) is 7.39. The first-order valence-corrected chi connectivity index (χ1v) is 10.7. The number of hydrogen-bond donors (Lipinski definition) is 5. The van der Waals surface area contributed by atoms with Crippen LogP contribution in [0, 0.1) is 0 Å². The summed E-state index contributed by atoms with van der Waals surface area (Å²) in [7, 11) is 0. The second kappa shape index (κ2) is 12.2. The van der Waals surface area contributed by atoms with Gasteiger partial charge in [-0.05, 0) is 30.2 Å². The van der Waals surface area contributed by atoms with Gasteiger partial charge in [-0.1, -0.05) is 42.5 Å². The second-order valence-corrected chi connectivity index (χ2v) is 7.79. The molecule has 1 amide bonds. The second-order valence-electron chi connectivity index (χ2n) is 7.27. The van der Waals surface area contributed by atoms with E-state index in [1.165, 1.54) is 12.1 Å². The van der Waals surface area contributed by atoms with Crippen molar-refractivity contribution in [1.82, 2.24) is 5.32 Å². The molecule has 0 saturated heterocycles. The number of nitrogens with two attached hydrogens (primary N) is 1. The smallest absolute Gasteiger partial charge is 0.326 e. The van der Waals surface area contributed by atoms with Crippen molar-refractivity contribution < 1.29 is 29.3 Å². The van der Waals surface area contributed by atoms with Gasteiger partial charge in [-0.25, -0.2) is 4.79 Å². The largest absolute Gasteiger partial charge is 0.508 e. The van der Waals surface area contributed by atoms with E-state index in [0.717, 1.165) is 0 Å². The molecule has 2 aromatic rings. The van der Waals surface area contributed by atoms with Crippen LogP contribution in [0.5, 0.6) is 5.75 Å². The number of benzene rings is 2. The molecule has 3 unspecified atom stereocenters. The summed E-state index contributed by atoms with van der Waals surface area (Å²) in [5, 5.41) is 20.6. The maximum atomic E-state index is 12.7. The van der Waals surface area contributed by atoms with Crippen molar-refractivity contribution >= 4 is 30.3 Å². The van der Waals surface area contributed by atoms with E-state index >= 15 is 0 Å². The fraction of sp³-hybridized carbons (Fsp3) is 0.348. The Morgan fingerprint density at radius 2 is 1.72 bits per heavy atom. The van der Waals surface area contributed by atoms with Gasteiger partial charge in [0.2, 0.25) is 5.91 Å². The van der Waals surface area contributed by atoms with Gasteiger partial charge in [0.05, 0.1) is 11.4 Å².